The Morgan fingerprint density at radius 1 is 1.14 bits per heavy atom. The molecule has 3 heterocycles. The Labute approximate surface area is 173 Å². The van der Waals surface area contributed by atoms with E-state index in [0.29, 0.717) is 24.3 Å². The minimum Gasteiger partial charge on any atom is -0.459 e. The van der Waals surface area contributed by atoms with E-state index < -0.39 is 0 Å². The lowest BCUT2D eigenvalue weighted by atomic mass is 10.1. The lowest BCUT2D eigenvalue weighted by molar-refractivity contribution is 0.0627. The number of amides is 2. The fraction of sp³-hybridized carbons (Fsp3) is 0.286. The molecule has 1 saturated heterocycles. The molecule has 0 saturated carbocycles. The van der Waals surface area contributed by atoms with Crippen LogP contribution in [0.3, 0.4) is 0 Å². The first kappa shape index (κ1) is 19.4. The second-order valence-corrected chi connectivity index (χ2v) is 8.00. The molecular weight excluding hydrogens is 388 g/mol. The third kappa shape index (κ3) is 4.72. The van der Waals surface area contributed by atoms with E-state index >= 15 is 0 Å². The lowest BCUT2D eigenvalue weighted by Gasteiger charge is -2.34. The third-order valence-corrected chi connectivity index (χ3v) is 5.67. The Morgan fingerprint density at radius 3 is 2.52 bits per heavy atom. The molecule has 4 rings (SSSR count). The molecule has 150 valence electrons. The van der Waals surface area contributed by atoms with E-state index in [1.165, 1.54) is 6.26 Å². The second kappa shape index (κ2) is 8.59. The van der Waals surface area contributed by atoms with Crippen molar-refractivity contribution < 1.29 is 14.0 Å². The Balaban J connectivity index is 1.30. The minimum absolute atomic E-state index is 0.0121. The summed E-state index contributed by atoms with van der Waals surface area (Å²) in [7, 11) is 0. The van der Waals surface area contributed by atoms with Crippen LogP contribution in [0.5, 0.6) is 0 Å². The molecule has 2 amide bonds. The van der Waals surface area contributed by atoms with Crippen LogP contribution >= 0.6 is 11.3 Å². The number of anilines is 1. The van der Waals surface area contributed by atoms with E-state index in [0.717, 1.165) is 30.3 Å². The SMILES string of the molecule is Cc1nc(CN2CCN(C(=O)c3ccc(NC(=O)c4ccco4)cc3)CC2)cs1. The maximum absolute atomic E-state index is 12.8. The van der Waals surface area contributed by atoms with Crippen molar-refractivity contribution in [3.8, 4) is 0 Å². The molecule has 1 aliphatic heterocycles. The van der Waals surface area contributed by atoms with Crippen LogP contribution in [0.4, 0.5) is 5.69 Å². The molecule has 8 heteroatoms. The summed E-state index contributed by atoms with van der Waals surface area (Å²) in [6.07, 6.45) is 1.45. The van der Waals surface area contributed by atoms with Crippen molar-refractivity contribution in [2.75, 3.05) is 31.5 Å². The van der Waals surface area contributed by atoms with Crippen molar-refractivity contribution in [1.82, 2.24) is 14.8 Å². The molecular formula is C21H22N4O3S. The molecule has 0 spiro atoms. The van der Waals surface area contributed by atoms with Crippen molar-refractivity contribution in [2.24, 2.45) is 0 Å². The number of aromatic nitrogens is 1. The summed E-state index contributed by atoms with van der Waals surface area (Å²) in [4.78, 5) is 33.5. The quantitative estimate of drug-likeness (QED) is 0.699. The lowest BCUT2D eigenvalue weighted by Crippen LogP contribution is -2.48. The molecule has 7 nitrogen and oxygen atoms in total. The van der Waals surface area contributed by atoms with Crippen molar-refractivity contribution in [1.29, 1.82) is 0 Å². The first-order valence-corrected chi connectivity index (χ1v) is 10.3. The van der Waals surface area contributed by atoms with E-state index in [4.69, 9.17) is 4.42 Å². The van der Waals surface area contributed by atoms with Gasteiger partial charge in [0, 0.05) is 49.4 Å². The monoisotopic (exact) mass is 410 g/mol. The highest BCUT2D eigenvalue weighted by Gasteiger charge is 2.22. The second-order valence-electron chi connectivity index (χ2n) is 6.93. The number of hydrogen-bond acceptors (Lipinski definition) is 6. The van der Waals surface area contributed by atoms with Crippen LogP contribution in [-0.2, 0) is 6.54 Å². The maximum Gasteiger partial charge on any atom is 0.291 e. The molecule has 1 N–H and O–H groups in total. The normalized spacial score (nSPS) is 14.7. The van der Waals surface area contributed by atoms with E-state index in [9.17, 15) is 9.59 Å². The molecule has 1 aromatic carbocycles. The van der Waals surface area contributed by atoms with Gasteiger partial charge in [0.1, 0.15) is 0 Å². The van der Waals surface area contributed by atoms with Gasteiger partial charge in [-0.05, 0) is 43.3 Å². The fourth-order valence-corrected chi connectivity index (χ4v) is 3.90. The van der Waals surface area contributed by atoms with Gasteiger partial charge in [-0.15, -0.1) is 11.3 Å². The van der Waals surface area contributed by atoms with Gasteiger partial charge in [0.2, 0.25) is 0 Å². The van der Waals surface area contributed by atoms with Gasteiger partial charge < -0.3 is 14.6 Å². The van der Waals surface area contributed by atoms with Crippen molar-refractivity contribution >= 4 is 28.8 Å². The Kier molecular flexibility index (Phi) is 5.73. The van der Waals surface area contributed by atoms with Gasteiger partial charge in [-0.25, -0.2) is 4.98 Å². The van der Waals surface area contributed by atoms with Crippen molar-refractivity contribution in [3.63, 3.8) is 0 Å². The average Bonchev–Trinajstić information content (AvgIpc) is 3.41. The number of nitrogens with one attached hydrogen (secondary N) is 1. The highest BCUT2D eigenvalue weighted by atomic mass is 32.1. The summed E-state index contributed by atoms with van der Waals surface area (Å²) in [6.45, 7) is 5.89. The van der Waals surface area contributed by atoms with Crippen LogP contribution in [0.25, 0.3) is 0 Å². The number of carbonyl (C=O) groups is 2. The number of aryl methyl sites for hydroxylation is 1. The van der Waals surface area contributed by atoms with Crippen molar-refractivity contribution in [3.05, 3.63) is 70.1 Å². The topological polar surface area (TPSA) is 78.7 Å². The molecule has 1 aliphatic rings. The number of furan rings is 1. The maximum atomic E-state index is 12.8. The first-order valence-electron chi connectivity index (χ1n) is 9.46. The fourth-order valence-electron chi connectivity index (χ4n) is 3.30. The molecule has 2 aromatic heterocycles. The number of piperazine rings is 1. The largest absolute Gasteiger partial charge is 0.459 e. The van der Waals surface area contributed by atoms with Gasteiger partial charge in [0.25, 0.3) is 11.8 Å². The summed E-state index contributed by atoms with van der Waals surface area (Å²) < 4.78 is 5.08. The average molecular weight is 410 g/mol. The molecule has 0 aliphatic carbocycles. The number of nitrogens with zero attached hydrogens (tertiary/aromatic N) is 3. The Hall–Kier alpha value is -2.97. The Bertz CT molecular complexity index is 974. The van der Waals surface area contributed by atoms with E-state index in [1.807, 2.05) is 11.8 Å². The number of carbonyl (C=O) groups excluding carboxylic acids is 2. The molecule has 1 fully saturated rings. The van der Waals surface area contributed by atoms with E-state index in [-0.39, 0.29) is 17.6 Å². The summed E-state index contributed by atoms with van der Waals surface area (Å²) in [5, 5.41) is 5.93. The third-order valence-electron chi connectivity index (χ3n) is 4.85. The predicted octanol–water partition coefficient (Wildman–Crippen LogP) is 3.25. The zero-order valence-electron chi connectivity index (χ0n) is 16.1. The number of hydrogen-bond donors (Lipinski definition) is 1. The highest BCUT2D eigenvalue weighted by molar-refractivity contribution is 7.09. The van der Waals surface area contributed by atoms with Gasteiger partial charge in [0.05, 0.1) is 17.0 Å². The number of benzene rings is 1. The standard InChI is InChI=1S/C21H22N4O3S/c1-15-22-18(14-29-15)13-24-8-10-25(11-9-24)21(27)16-4-6-17(7-5-16)23-20(26)19-3-2-12-28-19/h2-7,12,14H,8-11,13H2,1H3,(H,23,26). The van der Waals surface area contributed by atoms with Crippen LogP contribution in [0.2, 0.25) is 0 Å². The zero-order valence-corrected chi connectivity index (χ0v) is 16.9. The van der Waals surface area contributed by atoms with Gasteiger partial charge in [-0.3, -0.25) is 14.5 Å². The van der Waals surface area contributed by atoms with Gasteiger partial charge in [-0.2, -0.15) is 0 Å². The molecule has 29 heavy (non-hydrogen) atoms. The van der Waals surface area contributed by atoms with Gasteiger partial charge in [-0.1, -0.05) is 0 Å². The first-order chi connectivity index (χ1) is 14.1. The van der Waals surface area contributed by atoms with Crippen LogP contribution in [0.15, 0.2) is 52.5 Å². The smallest absolute Gasteiger partial charge is 0.291 e. The summed E-state index contributed by atoms with van der Waals surface area (Å²) in [5.41, 5.74) is 2.33. The molecule has 0 unspecified atom stereocenters. The van der Waals surface area contributed by atoms with Crippen molar-refractivity contribution in [2.45, 2.75) is 13.5 Å². The van der Waals surface area contributed by atoms with Crippen LogP contribution in [0.1, 0.15) is 31.6 Å². The zero-order chi connectivity index (χ0) is 20.2. The molecule has 3 aromatic rings. The summed E-state index contributed by atoms with van der Waals surface area (Å²) >= 11 is 1.67. The predicted molar refractivity (Wildman–Crippen MR) is 111 cm³/mol. The van der Waals surface area contributed by atoms with Crippen LogP contribution < -0.4 is 5.32 Å². The Morgan fingerprint density at radius 2 is 1.90 bits per heavy atom. The summed E-state index contributed by atoms with van der Waals surface area (Å²) in [6, 6.07) is 10.2. The molecule has 0 bridgehead atoms. The van der Waals surface area contributed by atoms with E-state index in [1.54, 1.807) is 47.7 Å². The molecule has 0 radical (unpaired) electrons. The summed E-state index contributed by atoms with van der Waals surface area (Å²) in [5.74, 6) is -0.0607. The van der Waals surface area contributed by atoms with E-state index in [2.05, 4.69) is 20.6 Å². The van der Waals surface area contributed by atoms with Gasteiger partial charge in [0.15, 0.2) is 5.76 Å². The van der Waals surface area contributed by atoms with Crippen LogP contribution in [-0.4, -0.2) is 52.8 Å². The number of rotatable bonds is 5. The highest BCUT2D eigenvalue weighted by Crippen LogP contribution is 2.16. The minimum atomic E-state index is -0.319. The van der Waals surface area contributed by atoms with Gasteiger partial charge >= 0.3 is 0 Å². The van der Waals surface area contributed by atoms with Crippen LogP contribution in [0, 0.1) is 6.92 Å². The number of thiazole rings is 1. The molecule has 0 atom stereocenters.